The molecule has 1 aromatic rings. The van der Waals surface area contributed by atoms with Gasteiger partial charge in [-0.05, 0) is 60.8 Å². The molecule has 2 rings (SSSR count). The van der Waals surface area contributed by atoms with Crippen molar-refractivity contribution in [3.63, 3.8) is 0 Å². The largest absolute Gasteiger partial charge is 0.496 e. The molecule has 0 radical (unpaired) electrons. The van der Waals surface area contributed by atoms with Gasteiger partial charge in [0.2, 0.25) is 0 Å². The summed E-state index contributed by atoms with van der Waals surface area (Å²) in [5, 5.41) is 10.6. The van der Waals surface area contributed by atoms with Crippen LogP contribution in [-0.2, 0) is 0 Å². The molecule has 1 saturated carbocycles. The molecule has 1 aromatic carbocycles. The molecule has 4 atom stereocenters. The van der Waals surface area contributed by atoms with E-state index in [-0.39, 0.29) is 6.10 Å². The van der Waals surface area contributed by atoms with E-state index in [2.05, 4.69) is 19.9 Å². The van der Waals surface area contributed by atoms with Crippen molar-refractivity contribution in [2.75, 3.05) is 7.11 Å². The first-order valence-corrected chi connectivity index (χ1v) is 7.35. The van der Waals surface area contributed by atoms with E-state index in [1.807, 2.05) is 19.1 Å². The van der Waals surface area contributed by atoms with Crippen LogP contribution in [0.1, 0.15) is 50.3 Å². The highest BCUT2D eigenvalue weighted by Gasteiger charge is 2.30. The highest BCUT2D eigenvalue weighted by Crippen LogP contribution is 2.40. The molecule has 1 aliphatic rings. The molecule has 4 unspecified atom stereocenters. The second-order valence-corrected chi connectivity index (χ2v) is 6.20. The minimum Gasteiger partial charge on any atom is -0.496 e. The van der Waals surface area contributed by atoms with Gasteiger partial charge in [0, 0.05) is 0 Å². The van der Waals surface area contributed by atoms with Crippen LogP contribution in [0.5, 0.6) is 5.75 Å². The molecule has 0 amide bonds. The monoisotopic (exact) mass is 262 g/mol. The number of aliphatic hydroxyl groups excluding tert-OH is 1. The van der Waals surface area contributed by atoms with Gasteiger partial charge in [0.25, 0.3) is 0 Å². The zero-order valence-electron chi connectivity index (χ0n) is 12.5. The van der Waals surface area contributed by atoms with Crippen LogP contribution in [0.15, 0.2) is 18.2 Å². The molecule has 0 bridgehead atoms. The Morgan fingerprint density at radius 3 is 2.53 bits per heavy atom. The third-order valence-electron chi connectivity index (χ3n) is 4.85. The molecular formula is C17H26O2. The topological polar surface area (TPSA) is 29.5 Å². The minimum absolute atomic E-state index is 0.334. The van der Waals surface area contributed by atoms with Gasteiger partial charge in [-0.2, -0.15) is 0 Å². The Kier molecular flexibility index (Phi) is 4.51. The molecular weight excluding hydrogens is 236 g/mol. The molecule has 0 heterocycles. The Morgan fingerprint density at radius 1 is 1.21 bits per heavy atom. The summed E-state index contributed by atoms with van der Waals surface area (Å²) < 4.78 is 5.27. The lowest BCUT2D eigenvalue weighted by Gasteiger charge is -2.35. The summed E-state index contributed by atoms with van der Waals surface area (Å²) in [6.07, 6.45) is 3.17. The van der Waals surface area contributed by atoms with Crippen molar-refractivity contribution in [1.29, 1.82) is 0 Å². The first kappa shape index (κ1) is 14.4. The van der Waals surface area contributed by atoms with E-state index < -0.39 is 0 Å². The number of methoxy groups -OCH3 is 1. The van der Waals surface area contributed by atoms with Crippen LogP contribution < -0.4 is 4.74 Å². The molecule has 0 spiro atoms. The van der Waals surface area contributed by atoms with Gasteiger partial charge >= 0.3 is 0 Å². The number of aliphatic hydroxyl groups is 1. The smallest absolute Gasteiger partial charge is 0.121 e. The summed E-state index contributed by atoms with van der Waals surface area (Å²) in [7, 11) is 1.68. The fourth-order valence-corrected chi connectivity index (χ4v) is 3.23. The summed E-state index contributed by atoms with van der Waals surface area (Å²) in [5.74, 6) is 2.80. The third-order valence-corrected chi connectivity index (χ3v) is 4.85. The molecule has 2 heteroatoms. The predicted octanol–water partition coefficient (Wildman–Crippen LogP) is 4.11. The Labute approximate surface area is 116 Å². The molecule has 0 saturated heterocycles. The second-order valence-electron chi connectivity index (χ2n) is 6.20. The van der Waals surface area contributed by atoms with Crippen molar-refractivity contribution in [1.82, 2.24) is 0 Å². The van der Waals surface area contributed by atoms with E-state index in [0.29, 0.717) is 11.8 Å². The van der Waals surface area contributed by atoms with Crippen LogP contribution in [-0.4, -0.2) is 12.2 Å². The van der Waals surface area contributed by atoms with Gasteiger partial charge in [0.1, 0.15) is 5.75 Å². The quantitative estimate of drug-likeness (QED) is 0.888. The number of ether oxygens (including phenoxy) is 1. The maximum Gasteiger partial charge on any atom is 0.121 e. The van der Waals surface area contributed by atoms with Crippen LogP contribution >= 0.6 is 0 Å². The first-order valence-electron chi connectivity index (χ1n) is 7.35. The van der Waals surface area contributed by atoms with Gasteiger partial charge in [-0.25, -0.2) is 0 Å². The van der Waals surface area contributed by atoms with Crippen molar-refractivity contribution < 1.29 is 9.84 Å². The lowest BCUT2D eigenvalue weighted by molar-refractivity contribution is 0.0560. The molecule has 106 valence electrons. The van der Waals surface area contributed by atoms with Crippen LogP contribution in [0, 0.1) is 24.7 Å². The van der Waals surface area contributed by atoms with Crippen molar-refractivity contribution in [3.05, 3.63) is 29.3 Å². The summed E-state index contributed by atoms with van der Waals surface area (Å²) in [4.78, 5) is 0. The number of hydrogen-bond acceptors (Lipinski definition) is 2. The normalized spacial score (nSPS) is 29.0. The predicted molar refractivity (Wildman–Crippen MR) is 78.4 cm³/mol. The zero-order valence-corrected chi connectivity index (χ0v) is 12.5. The second kappa shape index (κ2) is 5.96. The fraction of sp³-hybridized carbons (Fsp3) is 0.647. The van der Waals surface area contributed by atoms with Crippen LogP contribution in [0.25, 0.3) is 0 Å². The molecule has 1 N–H and O–H groups in total. The number of benzene rings is 1. The number of aryl methyl sites for hydroxylation is 1. The zero-order chi connectivity index (χ0) is 14.0. The maximum atomic E-state index is 10.6. The maximum absolute atomic E-state index is 10.6. The van der Waals surface area contributed by atoms with Crippen LogP contribution in [0.2, 0.25) is 0 Å². The highest BCUT2D eigenvalue weighted by atomic mass is 16.5. The molecule has 1 fully saturated rings. The molecule has 2 nitrogen and oxygen atoms in total. The Balaban J connectivity index is 2.11. The SMILES string of the molecule is COc1ccc(C(O)C2CCC(C)C(C)C2)cc1C. The van der Waals surface area contributed by atoms with E-state index in [0.717, 1.165) is 35.6 Å². The first-order chi connectivity index (χ1) is 9.02. The summed E-state index contributed by atoms with van der Waals surface area (Å²) in [6, 6.07) is 6.02. The summed E-state index contributed by atoms with van der Waals surface area (Å²) in [6.45, 7) is 6.66. The summed E-state index contributed by atoms with van der Waals surface area (Å²) in [5.41, 5.74) is 2.13. The van der Waals surface area contributed by atoms with Crippen molar-refractivity contribution in [2.45, 2.75) is 46.1 Å². The van der Waals surface area contributed by atoms with Gasteiger partial charge in [-0.15, -0.1) is 0 Å². The van der Waals surface area contributed by atoms with E-state index in [1.165, 1.54) is 6.42 Å². The van der Waals surface area contributed by atoms with Crippen molar-refractivity contribution in [3.8, 4) is 5.75 Å². The van der Waals surface area contributed by atoms with E-state index >= 15 is 0 Å². The Hall–Kier alpha value is -1.02. The average Bonchev–Trinajstić information content (AvgIpc) is 2.41. The molecule has 0 aliphatic heterocycles. The number of hydrogen-bond donors (Lipinski definition) is 1. The van der Waals surface area contributed by atoms with Crippen LogP contribution in [0.3, 0.4) is 0 Å². The lowest BCUT2D eigenvalue weighted by Crippen LogP contribution is -2.25. The Bertz CT molecular complexity index is 427. The fourth-order valence-electron chi connectivity index (χ4n) is 3.23. The van der Waals surface area contributed by atoms with Crippen molar-refractivity contribution >= 4 is 0 Å². The number of rotatable bonds is 3. The molecule has 1 aliphatic carbocycles. The Morgan fingerprint density at radius 2 is 1.95 bits per heavy atom. The van der Waals surface area contributed by atoms with E-state index in [4.69, 9.17) is 4.74 Å². The standard InChI is InChI=1S/C17H26O2/c1-11-5-6-14(9-12(11)2)17(18)15-7-8-16(19-4)13(3)10-15/h7-8,10-12,14,17-18H,5-6,9H2,1-4H3. The van der Waals surface area contributed by atoms with Gasteiger partial charge < -0.3 is 9.84 Å². The van der Waals surface area contributed by atoms with Crippen LogP contribution in [0.4, 0.5) is 0 Å². The van der Waals surface area contributed by atoms with Crippen molar-refractivity contribution in [2.24, 2.45) is 17.8 Å². The van der Waals surface area contributed by atoms with Gasteiger partial charge in [-0.1, -0.05) is 26.3 Å². The van der Waals surface area contributed by atoms with E-state index in [9.17, 15) is 5.11 Å². The van der Waals surface area contributed by atoms with Gasteiger partial charge in [-0.3, -0.25) is 0 Å². The molecule has 19 heavy (non-hydrogen) atoms. The third kappa shape index (κ3) is 3.11. The van der Waals surface area contributed by atoms with Gasteiger partial charge in [0.15, 0.2) is 0 Å². The average molecular weight is 262 g/mol. The minimum atomic E-state index is -0.334. The van der Waals surface area contributed by atoms with Gasteiger partial charge in [0.05, 0.1) is 13.2 Å². The van der Waals surface area contributed by atoms with E-state index in [1.54, 1.807) is 7.11 Å². The highest BCUT2D eigenvalue weighted by molar-refractivity contribution is 5.37. The molecule has 0 aromatic heterocycles. The lowest BCUT2D eigenvalue weighted by atomic mass is 9.73. The summed E-state index contributed by atoms with van der Waals surface area (Å²) >= 11 is 0.